The minimum atomic E-state index is 0.271. The van der Waals surface area contributed by atoms with Crippen LogP contribution in [0.1, 0.15) is 52.4 Å². The van der Waals surface area contributed by atoms with Crippen LogP contribution in [0.5, 0.6) is 0 Å². The second kappa shape index (κ2) is 5.40. The molecule has 0 bridgehead atoms. The second-order valence-corrected chi connectivity index (χ2v) is 6.79. The molecule has 0 amide bonds. The van der Waals surface area contributed by atoms with Crippen molar-refractivity contribution in [2.24, 2.45) is 23.2 Å². The summed E-state index contributed by atoms with van der Waals surface area (Å²) in [7, 11) is 0. The molecule has 2 rings (SSSR count). The molecule has 0 aromatic carbocycles. The molecule has 2 nitrogen and oxygen atoms in total. The summed E-state index contributed by atoms with van der Waals surface area (Å²) in [6, 6.07) is 2.25. The summed E-state index contributed by atoms with van der Waals surface area (Å²) in [6.45, 7) is 6.80. The summed E-state index contributed by atoms with van der Waals surface area (Å²) in [5.74, 6) is 3.04. The summed E-state index contributed by atoms with van der Waals surface area (Å²) < 4.78 is 0. The predicted molar refractivity (Wildman–Crippen MR) is 70.4 cm³/mol. The Morgan fingerprint density at radius 1 is 1.24 bits per heavy atom. The minimum Gasteiger partial charge on any atom is -0.316 e. The van der Waals surface area contributed by atoms with Gasteiger partial charge in [0.2, 0.25) is 0 Å². The van der Waals surface area contributed by atoms with Gasteiger partial charge in [0, 0.05) is 13.0 Å². The topological polar surface area (TPSA) is 35.8 Å². The highest BCUT2D eigenvalue weighted by atomic mass is 14.9. The van der Waals surface area contributed by atoms with E-state index in [0.717, 1.165) is 30.7 Å². The molecule has 0 spiro atoms. The van der Waals surface area contributed by atoms with E-state index in [1.165, 1.54) is 32.2 Å². The molecule has 0 unspecified atom stereocenters. The lowest BCUT2D eigenvalue weighted by Gasteiger charge is -2.26. The number of nitrogens with zero attached hydrogens (tertiary/aromatic N) is 1. The van der Waals surface area contributed by atoms with Gasteiger partial charge in [-0.25, -0.2) is 0 Å². The van der Waals surface area contributed by atoms with Crippen LogP contribution in [0, 0.1) is 34.5 Å². The van der Waals surface area contributed by atoms with Crippen LogP contribution in [0.4, 0.5) is 0 Å². The number of hydrogen-bond donors (Lipinski definition) is 1. The van der Waals surface area contributed by atoms with E-state index in [-0.39, 0.29) is 5.41 Å². The van der Waals surface area contributed by atoms with Crippen LogP contribution >= 0.6 is 0 Å². The zero-order valence-electron chi connectivity index (χ0n) is 11.3. The summed E-state index contributed by atoms with van der Waals surface area (Å²) in [4.78, 5) is 0. The molecule has 1 N–H and O–H groups in total. The Morgan fingerprint density at radius 2 is 1.82 bits per heavy atom. The predicted octanol–water partition coefficient (Wildman–Crippen LogP) is 3.34. The SMILES string of the molecule is CC(C)(CCC#N)CNCC(C1CC1)C1CC1. The largest absolute Gasteiger partial charge is 0.316 e. The Labute approximate surface area is 106 Å². The smallest absolute Gasteiger partial charge is 0.0621 e. The molecule has 17 heavy (non-hydrogen) atoms. The Hall–Kier alpha value is -0.550. The third-order valence-electron chi connectivity index (χ3n) is 4.35. The molecule has 2 fully saturated rings. The van der Waals surface area contributed by atoms with Crippen LogP contribution in [0.25, 0.3) is 0 Å². The van der Waals surface area contributed by atoms with Gasteiger partial charge in [0.25, 0.3) is 0 Å². The summed E-state index contributed by atoms with van der Waals surface area (Å²) >= 11 is 0. The van der Waals surface area contributed by atoms with Gasteiger partial charge in [0.05, 0.1) is 6.07 Å². The first-order valence-electron chi connectivity index (χ1n) is 7.20. The zero-order valence-corrected chi connectivity index (χ0v) is 11.3. The van der Waals surface area contributed by atoms with Gasteiger partial charge in [-0.15, -0.1) is 0 Å². The van der Waals surface area contributed by atoms with Crippen LogP contribution in [0.3, 0.4) is 0 Å². The number of nitrogens with one attached hydrogen (secondary N) is 1. The number of nitriles is 1. The molecule has 2 aliphatic rings. The molecule has 0 aromatic heterocycles. The van der Waals surface area contributed by atoms with Gasteiger partial charge in [-0.1, -0.05) is 13.8 Å². The first kappa shape index (κ1) is 12.9. The maximum atomic E-state index is 8.63. The van der Waals surface area contributed by atoms with E-state index in [1.807, 2.05) is 0 Å². The van der Waals surface area contributed by atoms with Crippen LogP contribution in [0.2, 0.25) is 0 Å². The summed E-state index contributed by atoms with van der Waals surface area (Å²) in [5.41, 5.74) is 0.271. The van der Waals surface area contributed by atoms with E-state index in [2.05, 4.69) is 25.2 Å². The fourth-order valence-corrected chi connectivity index (χ4v) is 2.83. The molecule has 2 aliphatic carbocycles. The Kier molecular flexibility index (Phi) is 4.09. The first-order chi connectivity index (χ1) is 8.12. The van der Waals surface area contributed by atoms with Crippen LogP contribution in [0.15, 0.2) is 0 Å². The monoisotopic (exact) mass is 234 g/mol. The number of hydrogen-bond acceptors (Lipinski definition) is 2. The molecule has 0 aliphatic heterocycles. The van der Waals surface area contributed by atoms with E-state index < -0.39 is 0 Å². The summed E-state index contributed by atoms with van der Waals surface area (Å²) in [6.07, 6.45) is 7.58. The van der Waals surface area contributed by atoms with E-state index in [4.69, 9.17) is 5.26 Å². The third kappa shape index (κ3) is 4.32. The molecule has 96 valence electrons. The van der Waals surface area contributed by atoms with Crippen molar-refractivity contribution in [1.29, 1.82) is 5.26 Å². The maximum absolute atomic E-state index is 8.63. The van der Waals surface area contributed by atoms with Gasteiger partial charge in [0.1, 0.15) is 0 Å². The average molecular weight is 234 g/mol. The molecular formula is C15H26N2. The molecular weight excluding hydrogens is 208 g/mol. The molecule has 0 heterocycles. The normalized spacial score (nSPS) is 20.6. The quantitative estimate of drug-likeness (QED) is 0.699. The maximum Gasteiger partial charge on any atom is 0.0621 e. The van der Waals surface area contributed by atoms with Crippen molar-refractivity contribution in [3.63, 3.8) is 0 Å². The second-order valence-electron chi connectivity index (χ2n) is 6.79. The standard InChI is InChI=1S/C15H26N2/c1-15(2,8-3-9-16)11-17-10-14(12-4-5-12)13-6-7-13/h12-14,17H,3-8,10-11H2,1-2H3. The van der Waals surface area contributed by atoms with Crippen LogP contribution in [-0.2, 0) is 0 Å². The van der Waals surface area contributed by atoms with Crippen molar-refractivity contribution in [3.05, 3.63) is 0 Å². The van der Waals surface area contributed by atoms with Gasteiger partial charge >= 0.3 is 0 Å². The highest BCUT2D eigenvalue weighted by molar-refractivity contribution is 4.92. The van der Waals surface area contributed by atoms with Crippen molar-refractivity contribution in [3.8, 4) is 6.07 Å². The van der Waals surface area contributed by atoms with Crippen LogP contribution < -0.4 is 5.32 Å². The average Bonchev–Trinajstić information content (AvgIpc) is 3.14. The summed E-state index contributed by atoms with van der Waals surface area (Å²) in [5, 5.41) is 12.3. The van der Waals surface area contributed by atoms with Crippen molar-refractivity contribution in [1.82, 2.24) is 5.32 Å². The van der Waals surface area contributed by atoms with E-state index in [0.29, 0.717) is 6.42 Å². The highest BCUT2D eigenvalue weighted by Crippen LogP contribution is 2.48. The van der Waals surface area contributed by atoms with Crippen molar-refractivity contribution in [2.75, 3.05) is 13.1 Å². The Balaban J connectivity index is 1.65. The molecule has 0 aromatic rings. The molecule has 0 radical (unpaired) electrons. The molecule has 2 saturated carbocycles. The van der Waals surface area contributed by atoms with Crippen LogP contribution in [-0.4, -0.2) is 13.1 Å². The van der Waals surface area contributed by atoms with E-state index in [9.17, 15) is 0 Å². The van der Waals surface area contributed by atoms with Gasteiger partial charge in [-0.2, -0.15) is 5.26 Å². The van der Waals surface area contributed by atoms with E-state index in [1.54, 1.807) is 0 Å². The van der Waals surface area contributed by atoms with Crippen molar-refractivity contribution < 1.29 is 0 Å². The highest BCUT2D eigenvalue weighted by Gasteiger charge is 2.40. The molecule has 2 heteroatoms. The lowest BCUT2D eigenvalue weighted by molar-refractivity contribution is 0.291. The molecule has 0 atom stereocenters. The van der Waals surface area contributed by atoms with Crippen molar-refractivity contribution in [2.45, 2.75) is 52.4 Å². The Bertz CT molecular complexity index is 270. The zero-order chi connectivity index (χ0) is 12.3. The van der Waals surface area contributed by atoms with Gasteiger partial charge in [0.15, 0.2) is 0 Å². The van der Waals surface area contributed by atoms with Gasteiger partial charge in [-0.3, -0.25) is 0 Å². The lowest BCUT2D eigenvalue weighted by atomic mass is 9.87. The van der Waals surface area contributed by atoms with Gasteiger partial charge in [-0.05, 0) is 61.8 Å². The molecule has 0 saturated heterocycles. The fraction of sp³-hybridized carbons (Fsp3) is 0.933. The lowest BCUT2D eigenvalue weighted by Crippen LogP contribution is -2.34. The third-order valence-corrected chi connectivity index (χ3v) is 4.35. The number of rotatable bonds is 8. The van der Waals surface area contributed by atoms with Crippen molar-refractivity contribution >= 4 is 0 Å². The Morgan fingerprint density at radius 3 is 2.29 bits per heavy atom. The fourth-order valence-electron chi connectivity index (χ4n) is 2.83. The van der Waals surface area contributed by atoms with E-state index >= 15 is 0 Å². The minimum absolute atomic E-state index is 0.271. The first-order valence-corrected chi connectivity index (χ1v) is 7.20. The van der Waals surface area contributed by atoms with Gasteiger partial charge < -0.3 is 5.32 Å².